The highest BCUT2D eigenvalue weighted by Gasteiger charge is 2.12. The molecule has 0 aliphatic rings. The van der Waals surface area contributed by atoms with Crippen molar-refractivity contribution in [2.75, 3.05) is 12.0 Å². The molecule has 7 heteroatoms. The van der Waals surface area contributed by atoms with Crippen molar-refractivity contribution in [3.8, 4) is 11.3 Å². The number of aldehydes is 1. The van der Waals surface area contributed by atoms with Gasteiger partial charge in [0, 0.05) is 21.6 Å². The standard InChI is InChI=1S/C13H13IN2O3S/c1-20(18,19)7-6-16-8-11(9-17)13(15-16)10-2-4-12(14)5-3-10/h2-5,8-9H,6-7H2,1H3. The molecule has 0 atom stereocenters. The fourth-order valence-electron chi connectivity index (χ4n) is 1.73. The lowest BCUT2D eigenvalue weighted by atomic mass is 10.1. The molecule has 1 aromatic heterocycles. The zero-order valence-corrected chi connectivity index (χ0v) is 13.8. The van der Waals surface area contributed by atoms with E-state index in [2.05, 4.69) is 27.7 Å². The SMILES string of the molecule is CS(=O)(=O)CCn1cc(C=O)c(-c2ccc(I)cc2)n1. The number of hydrogen-bond acceptors (Lipinski definition) is 4. The Labute approximate surface area is 131 Å². The van der Waals surface area contributed by atoms with Crippen molar-refractivity contribution in [2.45, 2.75) is 6.54 Å². The predicted molar refractivity (Wildman–Crippen MR) is 85.5 cm³/mol. The topological polar surface area (TPSA) is 69.0 Å². The Hall–Kier alpha value is -1.22. The number of carbonyl (C=O) groups excluding carboxylic acids is 1. The molecular formula is C13H13IN2O3S. The lowest BCUT2D eigenvalue weighted by molar-refractivity contribution is 0.112. The van der Waals surface area contributed by atoms with Gasteiger partial charge in [-0.2, -0.15) is 5.10 Å². The van der Waals surface area contributed by atoms with Crippen LogP contribution in [-0.4, -0.2) is 36.5 Å². The maximum atomic E-state index is 11.2. The number of hydrogen-bond donors (Lipinski definition) is 0. The second kappa shape index (κ2) is 6.04. The smallest absolute Gasteiger partial charge is 0.153 e. The summed E-state index contributed by atoms with van der Waals surface area (Å²) in [5.74, 6) is -0.000888. The zero-order valence-electron chi connectivity index (χ0n) is 10.8. The molecule has 2 rings (SSSR count). The van der Waals surface area contributed by atoms with Gasteiger partial charge in [0.2, 0.25) is 0 Å². The molecule has 20 heavy (non-hydrogen) atoms. The number of sulfone groups is 1. The fraction of sp³-hybridized carbons (Fsp3) is 0.231. The molecule has 0 radical (unpaired) electrons. The molecule has 0 aliphatic carbocycles. The third-order valence-corrected chi connectivity index (χ3v) is 4.37. The molecule has 5 nitrogen and oxygen atoms in total. The van der Waals surface area contributed by atoms with Crippen LogP contribution in [0.2, 0.25) is 0 Å². The maximum absolute atomic E-state index is 11.2. The summed E-state index contributed by atoms with van der Waals surface area (Å²) < 4.78 is 24.9. The quantitative estimate of drug-likeness (QED) is 0.565. The van der Waals surface area contributed by atoms with Crippen molar-refractivity contribution in [2.24, 2.45) is 0 Å². The largest absolute Gasteiger partial charge is 0.298 e. The predicted octanol–water partition coefficient (Wildman–Crippen LogP) is 2.01. The van der Waals surface area contributed by atoms with E-state index in [1.54, 1.807) is 6.20 Å². The Morgan fingerprint density at radius 3 is 2.50 bits per heavy atom. The molecule has 1 aromatic carbocycles. The third kappa shape index (κ3) is 3.89. The molecule has 0 saturated carbocycles. The van der Waals surface area contributed by atoms with Crippen LogP contribution in [0.15, 0.2) is 30.5 Å². The van der Waals surface area contributed by atoms with Crippen molar-refractivity contribution in [1.82, 2.24) is 9.78 Å². The van der Waals surface area contributed by atoms with E-state index >= 15 is 0 Å². The van der Waals surface area contributed by atoms with Crippen LogP contribution >= 0.6 is 22.6 Å². The highest BCUT2D eigenvalue weighted by molar-refractivity contribution is 14.1. The Bertz CT molecular complexity index is 721. The van der Waals surface area contributed by atoms with Gasteiger partial charge in [-0.05, 0) is 34.7 Å². The summed E-state index contributed by atoms with van der Waals surface area (Å²) in [5, 5.41) is 4.30. The molecule has 0 bridgehead atoms. The number of carbonyl (C=O) groups is 1. The van der Waals surface area contributed by atoms with Gasteiger partial charge in [0.15, 0.2) is 6.29 Å². The van der Waals surface area contributed by atoms with Gasteiger partial charge in [-0.3, -0.25) is 9.48 Å². The minimum absolute atomic E-state index is 0.000888. The molecule has 0 N–H and O–H groups in total. The van der Waals surface area contributed by atoms with Gasteiger partial charge in [0.25, 0.3) is 0 Å². The molecule has 2 aromatic rings. The van der Waals surface area contributed by atoms with E-state index in [1.165, 1.54) is 10.9 Å². The van der Waals surface area contributed by atoms with Crippen molar-refractivity contribution in [3.63, 3.8) is 0 Å². The van der Waals surface area contributed by atoms with E-state index in [0.29, 0.717) is 11.3 Å². The summed E-state index contributed by atoms with van der Waals surface area (Å²) >= 11 is 2.20. The first-order valence-corrected chi connectivity index (χ1v) is 8.99. The van der Waals surface area contributed by atoms with Crippen LogP contribution in [0, 0.1) is 3.57 Å². The number of aryl methyl sites for hydroxylation is 1. The molecule has 0 amide bonds. The average molecular weight is 404 g/mol. The first kappa shape index (κ1) is 15.2. The second-order valence-corrected chi connectivity index (χ2v) is 7.96. The highest BCUT2D eigenvalue weighted by atomic mass is 127. The summed E-state index contributed by atoms with van der Waals surface area (Å²) in [5.41, 5.74) is 1.87. The first-order valence-electron chi connectivity index (χ1n) is 5.85. The number of rotatable bonds is 5. The molecule has 1 heterocycles. The van der Waals surface area contributed by atoms with Crippen molar-refractivity contribution in [3.05, 3.63) is 39.6 Å². The van der Waals surface area contributed by atoms with Crippen molar-refractivity contribution < 1.29 is 13.2 Å². The lowest BCUT2D eigenvalue weighted by Gasteiger charge is -2.00. The van der Waals surface area contributed by atoms with E-state index in [4.69, 9.17) is 0 Å². The summed E-state index contributed by atoms with van der Waals surface area (Å²) in [6.45, 7) is 0.240. The Morgan fingerprint density at radius 2 is 1.95 bits per heavy atom. The Kier molecular flexibility index (Phi) is 4.59. The molecular weight excluding hydrogens is 391 g/mol. The summed E-state index contributed by atoms with van der Waals surface area (Å²) in [6, 6.07) is 7.63. The lowest BCUT2D eigenvalue weighted by Crippen LogP contribution is -2.11. The Balaban J connectivity index is 2.31. The molecule has 0 spiro atoms. The van der Waals surface area contributed by atoms with Crippen LogP contribution in [0.3, 0.4) is 0 Å². The second-order valence-electron chi connectivity index (χ2n) is 4.45. The molecule has 0 aliphatic heterocycles. The van der Waals surface area contributed by atoms with Crippen LogP contribution < -0.4 is 0 Å². The van der Waals surface area contributed by atoms with E-state index in [-0.39, 0.29) is 12.3 Å². The van der Waals surface area contributed by atoms with Crippen LogP contribution in [-0.2, 0) is 16.4 Å². The van der Waals surface area contributed by atoms with Gasteiger partial charge in [-0.1, -0.05) is 12.1 Å². The number of nitrogens with zero attached hydrogens (tertiary/aromatic N) is 2. The van der Waals surface area contributed by atoms with Crippen molar-refractivity contribution >= 4 is 38.7 Å². The number of halogens is 1. The monoisotopic (exact) mass is 404 g/mol. The van der Waals surface area contributed by atoms with Gasteiger partial charge in [-0.25, -0.2) is 8.42 Å². The maximum Gasteiger partial charge on any atom is 0.153 e. The van der Waals surface area contributed by atoms with E-state index < -0.39 is 9.84 Å². The van der Waals surface area contributed by atoms with Gasteiger partial charge in [0.05, 0.1) is 17.9 Å². The summed E-state index contributed by atoms with van der Waals surface area (Å²) in [7, 11) is -3.05. The van der Waals surface area contributed by atoms with E-state index in [1.807, 2.05) is 24.3 Å². The van der Waals surface area contributed by atoms with Crippen molar-refractivity contribution in [1.29, 1.82) is 0 Å². The van der Waals surface area contributed by atoms with E-state index in [0.717, 1.165) is 15.4 Å². The third-order valence-electron chi connectivity index (χ3n) is 2.73. The Morgan fingerprint density at radius 1 is 1.30 bits per heavy atom. The van der Waals surface area contributed by atoms with Gasteiger partial charge >= 0.3 is 0 Å². The van der Waals surface area contributed by atoms with Crippen LogP contribution in [0.5, 0.6) is 0 Å². The number of aromatic nitrogens is 2. The van der Waals surface area contributed by atoms with Crippen LogP contribution in [0.1, 0.15) is 10.4 Å². The molecule has 0 unspecified atom stereocenters. The number of benzene rings is 1. The summed E-state index contributed by atoms with van der Waals surface area (Å²) in [4.78, 5) is 11.1. The van der Waals surface area contributed by atoms with E-state index in [9.17, 15) is 13.2 Å². The first-order chi connectivity index (χ1) is 9.39. The molecule has 0 fully saturated rings. The van der Waals surface area contributed by atoms with Crippen LogP contribution in [0.25, 0.3) is 11.3 Å². The molecule has 0 saturated heterocycles. The highest BCUT2D eigenvalue weighted by Crippen LogP contribution is 2.22. The minimum Gasteiger partial charge on any atom is -0.298 e. The fourth-order valence-corrected chi connectivity index (χ4v) is 2.61. The average Bonchev–Trinajstić information content (AvgIpc) is 2.80. The molecule has 106 valence electrons. The van der Waals surface area contributed by atoms with Crippen LogP contribution in [0.4, 0.5) is 0 Å². The normalized spacial score (nSPS) is 11.5. The zero-order chi connectivity index (χ0) is 14.8. The van der Waals surface area contributed by atoms with Gasteiger partial charge in [0.1, 0.15) is 15.5 Å². The van der Waals surface area contributed by atoms with Gasteiger partial charge < -0.3 is 0 Å². The van der Waals surface area contributed by atoms with Gasteiger partial charge in [-0.15, -0.1) is 0 Å². The minimum atomic E-state index is -3.05. The summed E-state index contributed by atoms with van der Waals surface area (Å²) in [6.07, 6.45) is 3.49.